The van der Waals surface area contributed by atoms with Crippen molar-refractivity contribution < 1.29 is 18.9 Å². The summed E-state index contributed by atoms with van der Waals surface area (Å²) in [5.41, 5.74) is 3.08. The Hall–Kier alpha value is -3.50. The molecule has 0 bridgehead atoms. The molecule has 0 spiro atoms. The Morgan fingerprint density at radius 2 is 0.977 bits per heavy atom. The minimum Gasteiger partial charge on any atom is -0.381 e. The monoisotopic (exact) mass is 583 g/mol. The van der Waals surface area contributed by atoms with Crippen LogP contribution in [-0.4, -0.2) is 119 Å². The van der Waals surface area contributed by atoms with E-state index in [0.29, 0.717) is 46.2 Å². The highest BCUT2D eigenvalue weighted by Crippen LogP contribution is 2.44. The maximum absolute atomic E-state index is 5.85. The zero-order valence-corrected chi connectivity index (χ0v) is 24.9. The molecule has 0 aromatic heterocycles. The highest BCUT2D eigenvalue weighted by atomic mass is 16.5. The molecule has 0 saturated carbocycles. The van der Waals surface area contributed by atoms with Crippen molar-refractivity contribution in [1.29, 1.82) is 0 Å². The summed E-state index contributed by atoms with van der Waals surface area (Å²) in [6, 6.07) is 17.3. The lowest BCUT2D eigenvalue weighted by atomic mass is 9.98. The smallest absolute Gasteiger partial charge is 0.202 e. The number of nitrogens with zero attached hydrogens (tertiary/aromatic N) is 5. The summed E-state index contributed by atoms with van der Waals surface area (Å²) in [6.45, 7) is 10.5. The maximum atomic E-state index is 5.85. The van der Waals surface area contributed by atoms with Crippen LogP contribution in [0.1, 0.15) is 12.8 Å². The first kappa shape index (κ1) is 28.3. The predicted molar refractivity (Wildman–Crippen MR) is 171 cm³/mol. The van der Waals surface area contributed by atoms with Gasteiger partial charge >= 0.3 is 0 Å². The molecule has 43 heavy (non-hydrogen) atoms. The van der Waals surface area contributed by atoms with Crippen molar-refractivity contribution >= 4 is 44.7 Å². The van der Waals surface area contributed by atoms with E-state index in [2.05, 4.69) is 69.3 Å². The number of ether oxygens (including phenoxy) is 4. The Morgan fingerprint density at radius 1 is 0.512 bits per heavy atom. The number of rotatable bonds is 3. The van der Waals surface area contributed by atoms with Crippen LogP contribution < -0.4 is 0 Å². The van der Waals surface area contributed by atoms with E-state index in [-0.39, 0.29) is 0 Å². The molecule has 3 fully saturated rings. The Bertz CT molecular complexity index is 1500. The lowest BCUT2D eigenvalue weighted by molar-refractivity contribution is 0.0422. The number of benzene rings is 3. The first-order valence-electron chi connectivity index (χ1n) is 15.7. The summed E-state index contributed by atoms with van der Waals surface area (Å²) in [7, 11) is 0. The summed E-state index contributed by atoms with van der Waals surface area (Å²) >= 11 is 0. The standard InChI is InChI=1S/C34H41N5O4/c1-3-9-29-27(7-1)28-8-2-4-10-30(28)32(36-34(38-14-22-42-23-15-38)39-16-24-43-25-17-39)31(29)35-33(37-12-20-41-21-13-37)26-6-5-18-40-19-11-26/h1-4,6-10H,5,11-25H2. The zero-order chi connectivity index (χ0) is 28.8. The van der Waals surface area contributed by atoms with Crippen molar-refractivity contribution in [3.63, 3.8) is 0 Å². The second-order valence-corrected chi connectivity index (χ2v) is 11.3. The highest BCUT2D eigenvalue weighted by molar-refractivity contribution is 6.20. The van der Waals surface area contributed by atoms with Gasteiger partial charge in [-0.25, -0.2) is 9.98 Å². The van der Waals surface area contributed by atoms with Crippen molar-refractivity contribution in [3.8, 4) is 0 Å². The molecule has 3 saturated heterocycles. The van der Waals surface area contributed by atoms with Gasteiger partial charge in [0.1, 0.15) is 11.5 Å². The molecule has 226 valence electrons. The summed E-state index contributed by atoms with van der Waals surface area (Å²) < 4.78 is 23.1. The largest absolute Gasteiger partial charge is 0.381 e. The minimum atomic E-state index is 0.699. The van der Waals surface area contributed by atoms with Crippen LogP contribution in [0, 0.1) is 0 Å². The predicted octanol–water partition coefficient (Wildman–Crippen LogP) is 4.74. The molecule has 0 unspecified atom stereocenters. The molecule has 9 heteroatoms. The Labute approximate surface area is 253 Å². The van der Waals surface area contributed by atoms with Crippen LogP contribution in [0.3, 0.4) is 0 Å². The fourth-order valence-corrected chi connectivity index (χ4v) is 6.43. The van der Waals surface area contributed by atoms with Gasteiger partial charge in [-0.15, -0.1) is 0 Å². The zero-order valence-electron chi connectivity index (χ0n) is 24.9. The quantitative estimate of drug-likeness (QED) is 0.251. The molecule has 0 radical (unpaired) electrons. The summed E-state index contributed by atoms with van der Waals surface area (Å²) in [4.78, 5) is 18.4. The molecule has 0 N–H and O–H groups in total. The van der Waals surface area contributed by atoms with Crippen LogP contribution in [0.15, 0.2) is 70.2 Å². The molecule has 3 aromatic carbocycles. The van der Waals surface area contributed by atoms with Crippen molar-refractivity contribution in [2.75, 3.05) is 92.1 Å². The average Bonchev–Trinajstić information content (AvgIpc) is 3.37. The first-order valence-corrected chi connectivity index (χ1v) is 15.7. The topological polar surface area (TPSA) is 71.4 Å². The van der Waals surface area contributed by atoms with E-state index in [4.69, 9.17) is 28.9 Å². The van der Waals surface area contributed by atoms with E-state index >= 15 is 0 Å². The van der Waals surface area contributed by atoms with E-state index in [1.165, 1.54) is 16.3 Å². The van der Waals surface area contributed by atoms with Gasteiger partial charge in [0, 0.05) is 50.0 Å². The molecule has 9 nitrogen and oxygen atoms in total. The number of amidine groups is 1. The molecule has 4 aliphatic rings. The van der Waals surface area contributed by atoms with E-state index in [1.54, 1.807) is 0 Å². The fourth-order valence-electron chi connectivity index (χ4n) is 6.43. The van der Waals surface area contributed by atoms with Crippen LogP contribution >= 0.6 is 0 Å². The third kappa shape index (κ3) is 6.13. The van der Waals surface area contributed by atoms with Gasteiger partial charge in [0.05, 0.1) is 58.5 Å². The Morgan fingerprint density at radius 3 is 1.53 bits per heavy atom. The first-order chi connectivity index (χ1) is 21.4. The lowest BCUT2D eigenvalue weighted by Gasteiger charge is -2.38. The van der Waals surface area contributed by atoms with Gasteiger partial charge in [-0.1, -0.05) is 54.6 Å². The van der Waals surface area contributed by atoms with Crippen LogP contribution in [-0.2, 0) is 18.9 Å². The molecule has 4 aliphatic heterocycles. The SMILES string of the molecule is C1=C(C(=Nc2c(N=C(N3CCOCC3)N3CCOCC3)c3ccccc3c3ccccc23)N2CCOCC2)CCOCC1. The molecular weight excluding hydrogens is 542 g/mol. The van der Waals surface area contributed by atoms with Crippen LogP contribution in [0.5, 0.6) is 0 Å². The highest BCUT2D eigenvalue weighted by Gasteiger charge is 2.26. The van der Waals surface area contributed by atoms with E-state index in [1.807, 2.05) is 0 Å². The van der Waals surface area contributed by atoms with Crippen LogP contribution in [0.2, 0.25) is 0 Å². The lowest BCUT2D eigenvalue weighted by Crippen LogP contribution is -2.52. The third-order valence-corrected chi connectivity index (χ3v) is 8.66. The van der Waals surface area contributed by atoms with Gasteiger partial charge in [-0.05, 0) is 29.2 Å². The molecule has 4 heterocycles. The summed E-state index contributed by atoms with van der Waals surface area (Å²) in [5, 5.41) is 4.60. The number of morpholine rings is 3. The number of aliphatic imine (C=N–C) groups is 2. The van der Waals surface area contributed by atoms with Gasteiger partial charge in [0.2, 0.25) is 5.96 Å². The van der Waals surface area contributed by atoms with Crippen LogP contribution in [0.4, 0.5) is 11.4 Å². The van der Waals surface area contributed by atoms with Crippen molar-refractivity contribution in [2.24, 2.45) is 9.98 Å². The molecule has 7 rings (SSSR count). The van der Waals surface area contributed by atoms with Gasteiger partial charge in [-0.3, -0.25) is 0 Å². The molecule has 0 atom stereocenters. The molecule has 0 amide bonds. The van der Waals surface area contributed by atoms with E-state index in [0.717, 1.165) is 92.7 Å². The van der Waals surface area contributed by atoms with Gasteiger partial charge in [0.25, 0.3) is 0 Å². The van der Waals surface area contributed by atoms with Gasteiger partial charge in [0.15, 0.2) is 0 Å². The van der Waals surface area contributed by atoms with Crippen molar-refractivity contribution in [1.82, 2.24) is 14.7 Å². The third-order valence-electron chi connectivity index (χ3n) is 8.66. The second kappa shape index (κ2) is 13.4. The molecule has 3 aromatic rings. The minimum absolute atomic E-state index is 0.699. The van der Waals surface area contributed by atoms with Gasteiger partial charge < -0.3 is 33.6 Å². The fraction of sp³-hybridized carbons (Fsp3) is 0.471. The average molecular weight is 584 g/mol. The molecule has 0 aliphatic carbocycles. The summed E-state index contributed by atoms with van der Waals surface area (Å²) in [5.74, 6) is 2.00. The second-order valence-electron chi connectivity index (χ2n) is 11.3. The van der Waals surface area contributed by atoms with E-state index in [9.17, 15) is 0 Å². The van der Waals surface area contributed by atoms with Crippen molar-refractivity contribution in [3.05, 3.63) is 60.2 Å². The number of hydrogen-bond donors (Lipinski definition) is 0. The van der Waals surface area contributed by atoms with Gasteiger partial charge in [-0.2, -0.15) is 0 Å². The number of guanidine groups is 1. The Balaban J connectivity index is 1.49. The number of fused-ring (bicyclic) bond motifs is 3. The maximum Gasteiger partial charge on any atom is 0.202 e. The molecular formula is C34H41N5O4. The normalized spacial score (nSPS) is 20.7. The van der Waals surface area contributed by atoms with Crippen molar-refractivity contribution in [2.45, 2.75) is 12.8 Å². The summed E-state index contributed by atoms with van der Waals surface area (Å²) in [6.07, 6.45) is 4.05. The Kier molecular flexibility index (Phi) is 8.83. The number of hydrogen-bond acceptors (Lipinski definition) is 6. The van der Waals surface area contributed by atoms with Crippen LogP contribution in [0.25, 0.3) is 21.5 Å². The van der Waals surface area contributed by atoms with E-state index < -0.39 is 0 Å².